The van der Waals surface area contributed by atoms with Crippen LogP contribution >= 0.6 is 0 Å². The van der Waals surface area contributed by atoms with Crippen molar-refractivity contribution in [3.05, 3.63) is 194 Å². The van der Waals surface area contributed by atoms with E-state index in [0.717, 1.165) is 5.69 Å². The first kappa shape index (κ1) is 28.4. The minimum absolute atomic E-state index is 1.16. The fourth-order valence-electron chi connectivity index (χ4n) is 7.89. The number of hydrogen-bond donors (Lipinski definition) is 0. The van der Waals surface area contributed by atoms with Crippen molar-refractivity contribution in [2.45, 2.75) is 0 Å². The molecule has 0 saturated carbocycles. The molecule has 2 aromatic heterocycles. The summed E-state index contributed by atoms with van der Waals surface area (Å²) >= 11 is 0. The summed E-state index contributed by atoms with van der Waals surface area (Å²) in [6.07, 6.45) is 0. The number of hydrogen-bond acceptors (Lipinski definition) is 0. The molecule has 8 aromatic carbocycles. The highest BCUT2D eigenvalue weighted by molar-refractivity contribution is 6.15. The second-order valence-corrected chi connectivity index (χ2v) is 12.9. The SMILES string of the molecule is c1ccc(-c2ccccc2-n2c3ccccc3c3cc(-c4ccc5c(c4)c4cccc(-c6ccccc6)c4n5-c4ccccc4)ccc32)cc1. The number of aromatic nitrogens is 2. The van der Waals surface area contributed by atoms with E-state index in [1.54, 1.807) is 0 Å². The highest BCUT2D eigenvalue weighted by Gasteiger charge is 2.19. The minimum Gasteiger partial charge on any atom is -0.309 e. The molecule has 0 aliphatic carbocycles. The number of para-hydroxylation sites is 4. The summed E-state index contributed by atoms with van der Waals surface area (Å²) in [5, 5.41) is 5.00. The van der Waals surface area contributed by atoms with Crippen molar-refractivity contribution < 1.29 is 0 Å². The summed E-state index contributed by atoms with van der Waals surface area (Å²) < 4.78 is 4.86. The molecular formula is C48H32N2. The Morgan fingerprint density at radius 2 is 0.780 bits per heavy atom. The van der Waals surface area contributed by atoms with Gasteiger partial charge in [0.1, 0.15) is 0 Å². The summed E-state index contributed by atoms with van der Waals surface area (Å²) in [5.41, 5.74) is 14.5. The molecular weight excluding hydrogens is 605 g/mol. The van der Waals surface area contributed by atoms with Gasteiger partial charge in [-0.3, -0.25) is 0 Å². The Kier molecular flexibility index (Phi) is 6.53. The van der Waals surface area contributed by atoms with Crippen LogP contribution in [0.3, 0.4) is 0 Å². The topological polar surface area (TPSA) is 9.86 Å². The zero-order valence-electron chi connectivity index (χ0n) is 27.4. The van der Waals surface area contributed by atoms with Gasteiger partial charge in [0.2, 0.25) is 0 Å². The first-order valence-electron chi connectivity index (χ1n) is 17.2. The lowest BCUT2D eigenvalue weighted by atomic mass is 9.99. The number of rotatable bonds is 5. The highest BCUT2D eigenvalue weighted by atomic mass is 15.0. The van der Waals surface area contributed by atoms with Crippen LogP contribution < -0.4 is 0 Å². The van der Waals surface area contributed by atoms with E-state index >= 15 is 0 Å². The van der Waals surface area contributed by atoms with E-state index in [1.807, 2.05) is 0 Å². The summed E-state index contributed by atoms with van der Waals surface area (Å²) in [5.74, 6) is 0. The predicted molar refractivity (Wildman–Crippen MR) is 211 cm³/mol. The lowest BCUT2D eigenvalue weighted by Gasteiger charge is -2.14. The Hall–Kier alpha value is -6.64. The number of fused-ring (bicyclic) bond motifs is 6. The Morgan fingerprint density at radius 1 is 0.280 bits per heavy atom. The molecule has 0 bridgehead atoms. The largest absolute Gasteiger partial charge is 0.309 e. The standard InChI is InChI=1S/C48H32N2/c1-4-15-33(16-5-1)38-21-10-12-25-44(38)50-45-26-13-11-22-40(45)42-31-35(28-30-47(42)50)36-27-29-46-43(32-36)41-24-14-23-39(34-17-6-2-7-18-34)48(41)49(46)37-19-8-3-9-20-37/h1-32H. The number of nitrogens with zero attached hydrogens (tertiary/aromatic N) is 2. The van der Waals surface area contributed by atoms with Crippen LogP contribution in [0.25, 0.3) is 88.4 Å². The van der Waals surface area contributed by atoms with Crippen LogP contribution in [0.15, 0.2) is 194 Å². The van der Waals surface area contributed by atoms with Crippen molar-refractivity contribution in [2.75, 3.05) is 0 Å². The zero-order valence-corrected chi connectivity index (χ0v) is 27.4. The lowest BCUT2D eigenvalue weighted by molar-refractivity contribution is 1.18. The number of benzene rings is 8. The second-order valence-electron chi connectivity index (χ2n) is 12.9. The third-order valence-corrected chi connectivity index (χ3v) is 10.1. The molecule has 2 nitrogen and oxygen atoms in total. The first-order valence-corrected chi connectivity index (χ1v) is 17.2. The average molecular weight is 637 g/mol. The molecule has 234 valence electrons. The van der Waals surface area contributed by atoms with E-state index in [4.69, 9.17) is 0 Å². The third-order valence-electron chi connectivity index (χ3n) is 10.1. The van der Waals surface area contributed by atoms with Gasteiger partial charge in [0.15, 0.2) is 0 Å². The Morgan fingerprint density at radius 3 is 1.50 bits per heavy atom. The average Bonchev–Trinajstić information content (AvgIpc) is 3.71. The van der Waals surface area contributed by atoms with E-state index in [-0.39, 0.29) is 0 Å². The molecule has 2 heteroatoms. The van der Waals surface area contributed by atoms with Crippen LogP contribution in [0.4, 0.5) is 0 Å². The molecule has 0 aliphatic rings. The van der Waals surface area contributed by atoms with Gasteiger partial charge in [-0.1, -0.05) is 146 Å². The van der Waals surface area contributed by atoms with Crippen molar-refractivity contribution in [2.24, 2.45) is 0 Å². The summed E-state index contributed by atoms with van der Waals surface area (Å²) in [4.78, 5) is 0. The van der Waals surface area contributed by atoms with Gasteiger partial charge in [-0.2, -0.15) is 0 Å². The van der Waals surface area contributed by atoms with Crippen LogP contribution in [-0.2, 0) is 0 Å². The van der Waals surface area contributed by atoms with Crippen molar-refractivity contribution in [1.29, 1.82) is 0 Å². The molecule has 0 fully saturated rings. The van der Waals surface area contributed by atoms with E-state index in [2.05, 4.69) is 203 Å². The quantitative estimate of drug-likeness (QED) is 0.178. The fourth-order valence-corrected chi connectivity index (χ4v) is 7.89. The highest BCUT2D eigenvalue weighted by Crippen LogP contribution is 2.41. The molecule has 0 saturated heterocycles. The molecule has 0 unspecified atom stereocenters. The van der Waals surface area contributed by atoms with Crippen molar-refractivity contribution in [3.8, 4) is 44.8 Å². The molecule has 0 amide bonds. The van der Waals surface area contributed by atoms with E-state index in [9.17, 15) is 0 Å². The van der Waals surface area contributed by atoms with Crippen molar-refractivity contribution in [1.82, 2.24) is 9.13 Å². The molecule has 2 heterocycles. The molecule has 0 aliphatic heterocycles. The zero-order chi connectivity index (χ0) is 33.0. The molecule has 0 radical (unpaired) electrons. The lowest BCUT2D eigenvalue weighted by Crippen LogP contribution is -1.97. The van der Waals surface area contributed by atoms with E-state index in [1.165, 1.54) is 82.7 Å². The van der Waals surface area contributed by atoms with Gasteiger partial charge in [-0.15, -0.1) is 0 Å². The smallest absolute Gasteiger partial charge is 0.0619 e. The van der Waals surface area contributed by atoms with Crippen molar-refractivity contribution in [3.63, 3.8) is 0 Å². The van der Waals surface area contributed by atoms with Crippen LogP contribution in [0.5, 0.6) is 0 Å². The van der Waals surface area contributed by atoms with Crippen LogP contribution in [0, 0.1) is 0 Å². The summed E-state index contributed by atoms with van der Waals surface area (Å²) in [7, 11) is 0. The molecule has 10 aromatic rings. The third kappa shape index (κ3) is 4.43. The molecule has 0 spiro atoms. The van der Waals surface area contributed by atoms with Gasteiger partial charge in [0, 0.05) is 38.4 Å². The summed E-state index contributed by atoms with van der Waals surface area (Å²) in [6, 6.07) is 70.3. The molecule has 0 atom stereocenters. The molecule has 50 heavy (non-hydrogen) atoms. The second kappa shape index (κ2) is 11.5. The van der Waals surface area contributed by atoms with E-state index < -0.39 is 0 Å². The van der Waals surface area contributed by atoms with Gasteiger partial charge >= 0.3 is 0 Å². The van der Waals surface area contributed by atoms with Crippen molar-refractivity contribution >= 4 is 43.6 Å². The maximum absolute atomic E-state index is 2.43. The first-order chi connectivity index (χ1) is 24.8. The monoisotopic (exact) mass is 636 g/mol. The van der Waals surface area contributed by atoms with Crippen LogP contribution in [-0.4, -0.2) is 9.13 Å². The van der Waals surface area contributed by atoms with Gasteiger partial charge in [-0.25, -0.2) is 0 Å². The van der Waals surface area contributed by atoms with E-state index in [0.29, 0.717) is 0 Å². The fraction of sp³-hybridized carbons (Fsp3) is 0. The van der Waals surface area contributed by atoms with Gasteiger partial charge in [0.25, 0.3) is 0 Å². The molecule has 0 N–H and O–H groups in total. The normalized spacial score (nSPS) is 11.6. The Balaban J connectivity index is 1.19. The Bertz CT molecular complexity index is 2840. The van der Waals surface area contributed by atoms with Crippen LogP contribution in [0.2, 0.25) is 0 Å². The van der Waals surface area contributed by atoms with Gasteiger partial charge in [0.05, 0.1) is 27.8 Å². The Labute approximate surface area is 290 Å². The minimum atomic E-state index is 1.16. The molecule has 10 rings (SSSR count). The van der Waals surface area contributed by atoms with Crippen LogP contribution in [0.1, 0.15) is 0 Å². The predicted octanol–water partition coefficient (Wildman–Crippen LogP) is 12.9. The maximum Gasteiger partial charge on any atom is 0.0619 e. The summed E-state index contributed by atoms with van der Waals surface area (Å²) in [6.45, 7) is 0. The van der Waals surface area contributed by atoms with Gasteiger partial charge < -0.3 is 9.13 Å². The van der Waals surface area contributed by atoms with Gasteiger partial charge in [-0.05, 0) is 70.8 Å². The maximum atomic E-state index is 2.43.